The van der Waals surface area contributed by atoms with Gasteiger partial charge in [-0.1, -0.05) is 149 Å². The molecule has 0 heterocycles. The smallest absolute Gasteiger partial charge is 0.462 e. The number of phosphoric acid groups is 1. The minimum absolute atomic E-state index is 0.0102. The molecule has 0 amide bonds. The van der Waals surface area contributed by atoms with Crippen LogP contribution in [0.2, 0.25) is 0 Å². The van der Waals surface area contributed by atoms with Crippen LogP contribution >= 0.6 is 7.82 Å². The number of allylic oxidation sites excluding steroid dienone is 14. The number of phosphoric ester groups is 1. The summed E-state index contributed by atoms with van der Waals surface area (Å²) in [5, 5.41) is 20.0. The van der Waals surface area contributed by atoms with Crippen LogP contribution in [0.15, 0.2) is 109 Å². The first-order valence-corrected chi connectivity index (χ1v) is 23.1. The van der Waals surface area contributed by atoms with Crippen molar-refractivity contribution >= 4 is 19.8 Å². The van der Waals surface area contributed by atoms with Gasteiger partial charge in [-0.2, -0.15) is 0 Å². The second kappa shape index (κ2) is 41.3. The Kier molecular flexibility index (Phi) is 38.9. The largest absolute Gasteiger partial charge is 0.472 e. The quantitative estimate of drug-likeness (QED) is 0.0153. The van der Waals surface area contributed by atoms with Crippen LogP contribution in [-0.4, -0.2) is 71.7 Å². The van der Waals surface area contributed by atoms with E-state index in [1.165, 1.54) is 19.3 Å². The lowest BCUT2D eigenvalue weighted by Gasteiger charge is -2.19. The molecule has 59 heavy (non-hydrogen) atoms. The standard InChI is InChI=1S/C47H76NO10P/c1-3-5-7-8-9-10-11-12-13-14-15-16-17-18-22-25-31-37-46(51)55-41-45(42-57-59(53,54)56-40-39-48)58-47(52)38-32-26-30-36-44(50)35-29-24-21-19-20-23-28-34-43(49)33-27-6-4-2/h6,9-10,12-13,15-16,20-21,23-24,27-30,34-36,43-45,49-50H,3-5,7-8,11,14,17-19,22,25-26,31-33,37-42,48H2,1-2H3,(H,53,54)/b10-9-,13-12-,16-15-,23-20-,24-21-,27-6-,34-28+,35-29+,36-30-/t43-,44-,45+/m0/s1. The number of aliphatic hydroxyl groups is 2. The zero-order chi connectivity index (χ0) is 43.5. The molecule has 11 nitrogen and oxygen atoms in total. The summed E-state index contributed by atoms with van der Waals surface area (Å²) in [6.45, 7) is 3.23. The number of carbonyl (C=O) groups is 2. The number of nitrogens with two attached hydrogens (primary N) is 1. The van der Waals surface area contributed by atoms with Gasteiger partial charge < -0.3 is 30.3 Å². The van der Waals surface area contributed by atoms with E-state index in [0.29, 0.717) is 32.1 Å². The van der Waals surface area contributed by atoms with Gasteiger partial charge in [-0.3, -0.25) is 18.6 Å². The molecule has 0 aliphatic rings. The zero-order valence-corrected chi connectivity index (χ0v) is 36.8. The molecule has 0 aromatic carbocycles. The predicted molar refractivity (Wildman–Crippen MR) is 240 cm³/mol. The molecule has 0 fully saturated rings. The lowest BCUT2D eigenvalue weighted by Crippen LogP contribution is -2.29. The Morgan fingerprint density at radius 1 is 0.627 bits per heavy atom. The summed E-state index contributed by atoms with van der Waals surface area (Å²) in [7, 11) is -4.45. The molecular weight excluding hydrogens is 769 g/mol. The number of rotatable bonds is 38. The van der Waals surface area contributed by atoms with E-state index in [2.05, 4.69) is 50.3 Å². The van der Waals surface area contributed by atoms with Crippen molar-refractivity contribution in [2.75, 3.05) is 26.4 Å². The van der Waals surface area contributed by atoms with Gasteiger partial charge >= 0.3 is 19.8 Å². The third-order valence-electron chi connectivity index (χ3n) is 8.32. The number of ether oxygens (including phenoxy) is 2. The summed E-state index contributed by atoms with van der Waals surface area (Å²) in [6.07, 6.45) is 47.6. The Labute approximate surface area is 355 Å². The Balaban J connectivity index is 4.49. The summed E-state index contributed by atoms with van der Waals surface area (Å²) in [5.74, 6) is -1.05. The third-order valence-corrected chi connectivity index (χ3v) is 9.30. The fraction of sp³-hybridized carbons (Fsp3) is 0.574. The fourth-order valence-corrected chi connectivity index (χ4v) is 5.85. The van der Waals surface area contributed by atoms with E-state index in [9.17, 15) is 29.3 Å². The van der Waals surface area contributed by atoms with E-state index in [4.69, 9.17) is 24.3 Å². The van der Waals surface area contributed by atoms with E-state index >= 15 is 0 Å². The third kappa shape index (κ3) is 41.1. The molecule has 0 aliphatic heterocycles. The number of hydrogen-bond acceptors (Lipinski definition) is 10. The summed E-state index contributed by atoms with van der Waals surface area (Å²) >= 11 is 0. The van der Waals surface area contributed by atoms with Crippen LogP contribution in [0.3, 0.4) is 0 Å². The molecule has 0 aromatic heterocycles. The van der Waals surface area contributed by atoms with Crippen LogP contribution in [0.25, 0.3) is 0 Å². The van der Waals surface area contributed by atoms with E-state index in [0.717, 1.165) is 51.4 Å². The van der Waals surface area contributed by atoms with Gasteiger partial charge in [0.15, 0.2) is 6.10 Å². The highest BCUT2D eigenvalue weighted by Crippen LogP contribution is 2.43. The van der Waals surface area contributed by atoms with Gasteiger partial charge in [-0.05, 0) is 77.0 Å². The molecule has 0 saturated carbocycles. The van der Waals surface area contributed by atoms with Gasteiger partial charge in [0.1, 0.15) is 6.61 Å². The van der Waals surface area contributed by atoms with Crippen molar-refractivity contribution in [2.45, 2.75) is 148 Å². The van der Waals surface area contributed by atoms with Gasteiger partial charge in [0.25, 0.3) is 0 Å². The molecule has 4 atom stereocenters. The van der Waals surface area contributed by atoms with Crippen molar-refractivity contribution in [3.05, 3.63) is 109 Å². The van der Waals surface area contributed by atoms with Crippen molar-refractivity contribution in [2.24, 2.45) is 5.73 Å². The van der Waals surface area contributed by atoms with Gasteiger partial charge in [0.2, 0.25) is 0 Å². The van der Waals surface area contributed by atoms with Gasteiger partial charge in [-0.15, -0.1) is 0 Å². The molecule has 5 N–H and O–H groups in total. The SMILES string of the molecule is CC/C=C\C[C@H](O)/C=C/C=C\C/C=C\C=C\[C@H](O)/C=C\CCCC(=O)O[C@H](COC(=O)CCCCCC/C=C\C/C=C\C/C=C\CCCCC)COP(=O)(O)OCCN. The van der Waals surface area contributed by atoms with Crippen LogP contribution in [0.1, 0.15) is 129 Å². The van der Waals surface area contributed by atoms with Crippen LogP contribution < -0.4 is 5.73 Å². The summed E-state index contributed by atoms with van der Waals surface area (Å²) in [5.41, 5.74) is 5.33. The number of carbonyl (C=O) groups excluding carboxylic acids is 2. The Morgan fingerprint density at radius 2 is 1.24 bits per heavy atom. The molecule has 0 rings (SSSR count). The molecule has 0 aromatic rings. The molecule has 0 bridgehead atoms. The second-order valence-electron chi connectivity index (χ2n) is 13.9. The molecule has 0 aliphatic carbocycles. The van der Waals surface area contributed by atoms with Crippen LogP contribution in [0.5, 0.6) is 0 Å². The van der Waals surface area contributed by atoms with Gasteiger partial charge in [0, 0.05) is 19.4 Å². The van der Waals surface area contributed by atoms with E-state index in [-0.39, 0.29) is 32.6 Å². The maximum Gasteiger partial charge on any atom is 0.472 e. The Morgan fingerprint density at radius 3 is 1.92 bits per heavy atom. The normalized spacial score (nSPS) is 15.4. The average molecular weight is 846 g/mol. The lowest BCUT2D eigenvalue weighted by atomic mass is 10.1. The summed E-state index contributed by atoms with van der Waals surface area (Å²) in [4.78, 5) is 34.9. The maximum atomic E-state index is 12.6. The Hall–Kier alpha value is -3.41. The van der Waals surface area contributed by atoms with Crippen LogP contribution in [0.4, 0.5) is 0 Å². The Bertz CT molecular complexity index is 1360. The number of aliphatic hydroxyl groups excluding tert-OH is 2. The van der Waals surface area contributed by atoms with Crippen molar-refractivity contribution in [3.63, 3.8) is 0 Å². The lowest BCUT2D eigenvalue weighted by molar-refractivity contribution is -0.161. The number of hydrogen-bond donors (Lipinski definition) is 4. The van der Waals surface area contributed by atoms with Crippen LogP contribution in [-0.2, 0) is 32.7 Å². The first-order valence-electron chi connectivity index (χ1n) is 21.6. The van der Waals surface area contributed by atoms with Gasteiger partial charge in [-0.25, -0.2) is 4.57 Å². The molecule has 1 unspecified atom stereocenters. The fourth-order valence-electron chi connectivity index (χ4n) is 5.08. The van der Waals surface area contributed by atoms with E-state index in [1.54, 1.807) is 30.4 Å². The topological polar surface area (TPSA) is 175 Å². The second-order valence-corrected chi connectivity index (χ2v) is 15.3. The van der Waals surface area contributed by atoms with Crippen molar-refractivity contribution in [3.8, 4) is 0 Å². The molecule has 0 radical (unpaired) electrons. The van der Waals surface area contributed by atoms with E-state index in [1.807, 2.05) is 42.5 Å². The highest BCUT2D eigenvalue weighted by molar-refractivity contribution is 7.47. The van der Waals surface area contributed by atoms with Gasteiger partial charge in [0.05, 0.1) is 25.4 Å². The molecule has 12 heteroatoms. The number of unbranched alkanes of at least 4 members (excludes halogenated alkanes) is 8. The minimum atomic E-state index is -4.45. The van der Waals surface area contributed by atoms with Crippen molar-refractivity contribution < 1.29 is 47.8 Å². The highest BCUT2D eigenvalue weighted by Gasteiger charge is 2.26. The predicted octanol–water partition coefficient (Wildman–Crippen LogP) is 10.3. The van der Waals surface area contributed by atoms with E-state index < -0.39 is 44.7 Å². The van der Waals surface area contributed by atoms with Crippen molar-refractivity contribution in [1.82, 2.24) is 0 Å². The van der Waals surface area contributed by atoms with Crippen molar-refractivity contribution in [1.29, 1.82) is 0 Å². The molecule has 0 spiro atoms. The first-order chi connectivity index (χ1) is 28.6. The monoisotopic (exact) mass is 846 g/mol. The first kappa shape index (κ1) is 55.6. The minimum Gasteiger partial charge on any atom is -0.462 e. The maximum absolute atomic E-state index is 12.6. The summed E-state index contributed by atoms with van der Waals surface area (Å²) < 4.78 is 32.6. The average Bonchev–Trinajstić information content (AvgIpc) is 3.21. The molecule has 334 valence electrons. The van der Waals surface area contributed by atoms with Crippen LogP contribution in [0, 0.1) is 0 Å². The highest BCUT2D eigenvalue weighted by atomic mass is 31.2. The zero-order valence-electron chi connectivity index (χ0n) is 35.9. The molecular formula is C47H76NO10P. The number of esters is 2. The molecule has 0 saturated heterocycles. The summed E-state index contributed by atoms with van der Waals surface area (Å²) in [6, 6.07) is 0.